The predicted molar refractivity (Wildman–Crippen MR) is 149 cm³/mol. The van der Waals surface area contributed by atoms with Gasteiger partial charge in [-0.1, -0.05) is 0 Å². The van der Waals surface area contributed by atoms with Gasteiger partial charge in [-0.3, -0.25) is 10.1 Å². The second-order valence-electron chi connectivity index (χ2n) is 12.1. The molecule has 0 fully saturated rings. The summed E-state index contributed by atoms with van der Waals surface area (Å²) in [6, 6.07) is 5.51. The maximum absolute atomic E-state index is 13.4. The van der Waals surface area contributed by atoms with Crippen LogP contribution in [-0.2, 0) is 14.2 Å². The second-order valence-corrected chi connectivity index (χ2v) is 12.1. The molecule has 2 aromatic heterocycles. The van der Waals surface area contributed by atoms with Crippen molar-refractivity contribution >= 4 is 40.8 Å². The van der Waals surface area contributed by atoms with Gasteiger partial charge in [-0.25, -0.2) is 24.4 Å². The largest absolute Gasteiger partial charge is 0.443 e. The van der Waals surface area contributed by atoms with Crippen molar-refractivity contribution in [2.45, 2.75) is 86.0 Å². The first-order chi connectivity index (χ1) is 18.7. The lowest BCUT2D eigenvalue weighted by Crippen LogP contribution is -2.44. The summed E-state index contributed by atoms with van der Waals surface area (Å²) in [4.78, 5) is 60.1. The van der Waals surface area contributed by atoms with Crippen LogP contribution in [0.25, 0.3) is 22.4 Å². The minimum Gasteiger partial charge on any atom is -0.443 e. The molecule has 0 N–H and O–H groups in total. The summed E-state index contributed by atoms with van der Waals surface area (Å²) in [5.41, 5.74) is -2.45. The van der Waals surface area contributed by atoms with Crippen molar-refractivity contribution in [3.05, 3.63) is 40.1 Å². The van der Waals surface area contributed by atoms with Crippen molar-refractivity contribution in [2.75, 3.05) is 4.90 Å². The average molecular weight is 571 g/mol. The minimum atomic E-state index is -1.10. The number of non-ortho nitro benzene ring substituents is 1. The van der Waals surface area contributed by atoms with E-state index in [-0.39, 0.29) is 34.1 Å². The van der Waals surface area contributed by atoms with Crippen LogP contribution >= 0.6 is 0 Å². The molecule has 0 radical (unpaired) electrons. The fraction of sp³-hybridized carbons (Fsp3) is 0.481. The molecular formula is C27H34N6O8. The first-order valence-electron chi connectivity index (χ1n) is 12.7. The van der Waals surface area contributed by atoms with Gasteiger partial charge in [-0.15, -0.1) is 9.78 Å². The van der Waals surface area contributed by atoms with Crippen molar-refractivity contribution in [3.8, 4) is 11.4 Å². The van der Waals surface area contributed by atoms with Crippen LogP contribution in [0.2, 0.25) is 0 Å². The Labute approximate surface area is 236 Å². The van der Waals surface area contributed by atoms with E-state index in [9.17, 15) is 24.5 Å². The topological polar surface area (TPSA) is 169 Å². The number of aryl methyl sites for hydroxylation is 1. The van der Waals surface area contributed by atoms with Gasteiger partial charge in [0.1, 0.15) is 16.8 Å². The lowest BCUT2D eigenvalue weighted by atomic mass is 10.2. The molecule has 0 saturated carbocycles. The number of benzene rings is 1. The number of aromatic nitrogens is 4. The first-order valence-corrected chi connectivity index (χ1v) is 12.7. The van der Waals surface area contributed by atoms with Gasteiger partial charge in [0.05, 0.1) is 16.0 Å². The molecule has 3 rings (SSSR count). The van der Waals surface area contributed by atoms with E-state index in [4.69, 9.17) is 14.2 Å². The highest BCUT2D eigenvalue weighted by molar-refractivity contribution is 6.14. The normalized spacial score (nSPS) is 12.1. The van der Waals surface area contributed by atoms with E-state index in [0.29, 0.717) is 10.5 Å². The van der Waals surface area contributed by atoms with E-state index in [1.54, 1.807) is 69.2 Å². The van der Waals surface area contributed by atoms with Crippen LogP contribution in [0, 0.1) is 17.0 Å². The number of ether oxygens (including phenoxy) is 3. The van der Waals surface area contributed by atoms with Crippen molar-refractivity contribution in [1.82, 2.24) is 19.7 Å². The monoisotopic (exact) mass is 570 g/mol. The van der Waals surface area contributed by atoms with Crippen LogP contribution in [0.1, 0.15) is 68.0 Å². The third kappa shape index (κ3) is 7.52. The number of hydrogen-bond donors (Lipinski definition) is 0. The number of anilines is 1. The number of nitro groups is 1. The van der Waals surface area contributed by atoms with Gasteiger partial charge in [-0.05, 0) is 81.4 Å². The second kappa shape index (κ2) is 10.7. The van der Waals surface area contributed by atoms with E-state index in [1.165, 1.54) is 24.3 Å². The molecule has 0 aliphatic carbocycles. The first kappa shape index (κ1) is 30.9. The smallest absolute Gasteiger partial charge is 0.437 e. The molecule has 0 aliphatic rings. The zero-order valence-corrected chi connectivity index (χ0v) is 24.8. The highest BCUT2D eigenvalue weighted by Gasteiger charge is 2.38. The molecule has 0 bridgehead atoms. The quantitative estimate of drug-likeness (QED) is 0.200. The molecule has 3 aromatic rings. The van der Waals surface area contributed by atoms with Crippen LogP contribution < -0.4 is 4.90 Å². The van der Waals surface area contributed by atoms with Crippen molar-refractivity contribution < 1.29 is 33.5 Å². The van der Waals surface area contributed by atoms with Crippen molar-refractivity contribution in [2.24, 2.45) is 0 Å². The molecule has 0 unspecified atom stereocenters. The Morgan fingerprint density at radius 1 is 0.829 bits per heavy atom. The van der Waals surface area contributed by atoms with E-state index in [0.717, 1.165) is 4.68 Å². The maximum atomic E-state index is 13.4. The average Bonchev–Trinajstić information content (AvgIpc) is 3.15. The SMILES string of the molecule is Cc1nc(-c2ccc([N+](=O)[O-])cc2)nc2c1c(N(C(=O)OC(C)(C)C)C(=O)OC(C)(C)C)nn2C(=O)OC(C)(C)C. The Bertz CT molecular complexity index is 1480. The van der Waals surface area contributed by atoms with Gasteiger partial charge in [0, 0.05) is 17.7 Å². The number of carbonyl (C=O) groups excluding carboxylic acids is 3. The molecule has 2 amide bonds. The lowest BCUT2D eigenvalue weighted by Gasteiger charge is -2.27. The van der Waals surface area contributed by atoms with E-state index in [1.807, 2.05) is 0 Å². The summed E-state index contributed by atoms with van der Waals surface area (Å²) in [6.07, 6.45) is -3.13. The number of carbonyl (C=O) groups is 3. The van der Waals surface area contributed by atoms with Crippen molar-refractivity contribution in [1.29, 1.82) is 0 Å². The van der Waals surface area contributed by atoms with Crippen molar-refractivity contribution in [3.63, 3.8) is 0 Å². The van der Waals surface area contributed by atoms with Crippen LogP contribution in [-0.4, -0.2) is 59.8 Å². The summed E-state index contributed by atoms with van der Waals surface area (Å²) in [7, 11) is 0. The summed E-state index contributed by atoms with van der Waals surface area (Å²) >= 11 is 0. The van der Waals surface area contributed by atoms with E-state index in [2.05, 4.69) is 15.1 Å². The standard InChI is InChI=1S/C27H34N6O8/c1-15-18-20(29-19(28-15)16-11-13-17(14-12-16)33(37)38)32(24(36)41-27(8,9)10)30-21(18)31(22(34)39-25(2,3)4)23(35)40-26(5,6)7/h11-14H,1-10H3. The Morgan fingerprint density at radius 2 is 1.32 bits per heavy atom. The molecule has 41 heavy (non-hydrogen) atoms. The molecule has 14 heteroatoms. The number of nitro benzene ring substituents is 1. The predicted octanol–water partition coefficient (Wildman–Crippen LogP) is 6.17. The zero-order chi connectivity index (χ0) is 31.1. The molecule has 0 spiro atoms. The molecule has 0 saturated heterocycles. The fourth-order valence-electron chi connectivity index (χ4n) is 3.48. The molecule has 0 atom stereocenters. The van der Waals surface area contributed by atoms with Gasteiger partial charge in [0.15, 0.2) is 17.3 Å². The van der Waals surface area contributed by atoms with Gasteiger partial charge in [0.2, 0.25) is 0 Å². The van der Waals surface area contributed by atoms with Crippen LogP contribution in [0.5, 0.6) is 0 Å². The number of amides is 2. The lowest BCUT2D eigenvalue weighted by molar-refractivity contribution is -0.384. The molecule has 14 nitrogen and oxygen atoms in total. The molecule has 1 aromatic carbocycles. The number of rotatable bonds is 3. The Morgan fingerprint density at radius 3 is 1.76 bits per heavy atom. The highest BCUT2D eigenvalue weighted by atomic mass is 16.6. The van der Waals surface area contributed by atoms with Crippen LogP contribution in [0.4, 0.5) is 25.9 Å². The zero-order valence-electron chi connectivity index (χ0n) is 24.8. The maximum Gasteiger partial charge on any atom is 0.437 e. The number of nitrogens with zero attached hydrogens (tertiary/aromatic N) is 6. The third-order valence-corrected chi connectivity index (χ3v) is 4.96. The number of hydrogen-bond acceptors (Lipinski definition) is 11. The number of imide groups is 1. The summed E-state index contributed by atoms with van der Waals surface area (Å²) in [5, 5.41) is 15.5. The summed E-state index contributed by atoms with van der Waals surface area (Å²) in [6.45, 7) is 16.3. The van der Waals surface area contributed by atoms with E-state index < -0.39 is 40.0 Å². The Balaban J connectivity index is 2.32. The van der Waals surface area contributed by atoms with Crippen LogP contribution in [0.3, 0.4) is 0 Å². The van der Waals surface area contributed by atoms with Crippen LogP contribution in [0.15, 0.2) is 24.3 Å². The van der Waals surface area contributed by atoms with Gasteiger partial charge < -0.3 is 14.2 Å². The Hall–Kier alpha value is -4.62. The van der Waals surface area contributed by atoms with E-state index >= 15 is 0 Å². The van der Waals surface area contributed by atoms with Gasteiger partial charge in [0.25, 0.3) is 5.69 Å². The fourth-order valence-corrected chi connectivity index (χ4v) is 3.48. The molecule has 220 valence electrons. The highest BCUT2D eigenvalue weighted by Crippen LogP contribution is 2.32. The van der Waals surface area contributed by atoms with Gasteiger partial charge >= 0.3 is 18.3 Å². The molecule has 0 aliphatic heterocycles. The summed E-state index contributed by atoms with van der Waals surface area (Å²) in [5.74, 6) is -0.190. The Kier molecular flexibility index (Phi) is 8.10. The molecule has 2 heterocycles. The summed E-state index contributed by atoms with van der Waals surface area (Å²) < 4.78 is 17.3. The third-order valence-electron chi connectivity index (χ3n) is 4.96. The van der Waals surface area contributed by atoms with Gasteiger partial charge in [-0.2, -0.15) is 4.90 Å². The molecular weight excluding hydrogens is 536 g/mol. The minimum absolute atomic E-state index is 0.0766. The number of fused-ring (bicyclic) bond motifs is 1.